The molecule has 7 nitrogen and oxygen atoms in total. The van der Waals surface area contributed by atoms with Crippen LogP contribution in [0.1, 0.15) is 20.7 Å². The molecule has 2 heterocycles. The van der Waals surface area contributed by atoms with Gasteiger partial charge < -0.3 is 15.4 Å². The van der Waals surface area contributed by atoms with Crippen LogP contribution in [0.4, 0.5) is 10.1 Å². The molecular weight excluding hydrogens is 351 g/mol. The third kappa shape index (κ3) is 5.57. The number of carbonyl (C=O) groups is 2. The molecule has 27 heavy (non-hydrogen) atoms. The Balaban J connectivity index is 1.55. The zero-order valence-corrected chi connectivity index (χ0v) is 14.8. The quantitative estimate of drug-likeness (QED) is 0.804. The average Bonchev–Trinajstić information content (AvgIpc) is 2.69. The summed E-state index contributed by atoms with van der Waals surface area (Å²) in [5.74, 6) is -1.20. The summed E-state index contributed by atoms with van der Waals surface area (Å²) < 4.78 is 18.5. The Kier molecular flexibility index (Phi) is 6.45. The largest absolute Gasteiger partial charge is 0.379 e. The van der Waals surface area contributed by atoms with Crippen molar-refractivity contribution in [3.8, 4) is 0 Å². The zero-order chi connectivity index (χ0) is 19.1. The van der Waals surface area contributed by atoms with Crippen molar-refractivity contribution in [2.24, 2.45) is 0 Å². The molecule has 0 atom stereocenters. The highest BCUT2D eigenvalue weighted by Crippen LogP contribution is 2.11. The van der Waals surface area contributed by atoms with Gasteiger partial charge >= 0.3 is 0 Å². The van der Waals surface area contributed by atoms with Gasteiger partial charge in [-0.3, -0.25) is 19.5 Å². The number of rotatable bonds is 6. The van der Waals surface area contributed by atoms with Crippen molar-refractivity contribution in [3.63, 3.8) is 0 Å². The molecule has 0 aliphatic carbocycles. The fraction of sp³-hybridized carbons (Fsp3) is 0.316. The van der Waals surface area contributed by atoms with Crippen LogP contribution in [0.25, 0.3) is 0 Å². The highest BCUT2D eigenvalue weighted by molar-refractivity contribution is 6.05. The van der Waals surface area contributed by atoms with Gasteiger partial charge in [-0.05, 0) is 24.3 Å². The molecule has 2 amide bonds. The Morgan fingerprint density at radius 3 is 2.59 bits per heavy atom. The number of amides is 2. The van der Waals surface area contributed by atoms with Crippen LogP contribution in [0.5, 0.6) is 0 Å². The van der Waals surface area contributed by atoms with Gasteiger partial charge in [-0.1, -0.05) is 6.07 Å². The number of carbonyl (C=O) groups excluding carboxylic acids is 2. The Morgan fingerprint density at radius 1 is 1.11 bits per heavy atom. The molecule has 2 aromatic rings. The van der Waals surface area contributed by atoms with Crippen LogP contribution in [0.15, 0.2) is 42.7 Å². The van der Waals surface area contributed by atoms with E-state index < -0.39 is 11.7 Å². The van der Waals surface area contributed by atoms with Crippen molar-refractivity contribution in [2.75, 3.05) is 44.7 Å². The SMILES string of the molecule is O=C(NCCN1CCOCC1)c1cncc(C(=O)Nc2cccc(F)c2)c1. The van der Waals surface area contributed by atoms with E-state index in [1.807, 2.05) is 0 Å². The number of benzene rings is 1. The van der Waals surface area contributed by atoms with E-state index in [0.717, 1.165) is 19.6 Å². The van der Waals surface area contributed by atoms with Crippen LogP contribution in [-0.4, -0.2) is 61.1 Å². The van der Waals surface area contributed by atoms with E-state index in [1.54, 1.807) is 6.07 Å². The molecule has 0 radical (unpaired) electrons. The van der Waals surface area contributed by atoms with Crippen LogP contribution in [0, 0.1) is 5.82 Å². The predicted molar refractivity (Wildman–Crippen MR) is 98.2 cm³/mol. The van der Waals surface area contributed by atoms with Crippen LogP contribution in [0.2, 0.25) is 0 Å². The smallest absolute Gasteiger partial charge is 0.257 e. The van der Waals surface area contributed by atoms with Crippen molar-refractivity contribution in [1.82, 2.24) is 15.2 Å². The molecule has 0 spiro atoms. The van der Waals surface area contributed by atoms with Crippen LogP contribution in [0.3, 0.4) is 0 Å². The maximum atomic E-state index is 13.2. The second-order valence-corrected chi connectivity index (χ2v) is 6.14. The summed E-state index contributed by atoms with van der Waals surface area (Å²) in [6, 6.07) is 7.05. The number of anilines is 1. The fourth-order valence-corrected chi connectivity index (χ4v) is 2.71. The molecular formula is C19H21FN4O3. The summed E-state index contributed by atoms with van der Waals surface area (Å²) in [5.41, 5.74) is 0.851. The molecule has 0 bridgehead atoms. The molecule has 3 rings (SSSR count). The molecule has 142 valence electrons. The lowest BCUT2D eigenvalue weighted by atomic mass is 10.2. The first-order valence-electron chi connectivity index (χ1n) is 8.72. The summed E-state index contributed by atoms with van der Waals surface area (Å²) in [4.78, 5) is 30.8. The first-order valence-corrected chi connectivity index (χ1v) is 8.72. The minimum absolute atomic E-state index is 0.222. The molecule has 1 aromatic carbocycles. The molecule has 1 fully saturated rings. The van der Waals surface area contributed by atoms with Gasteiger partial charge in [0, 0.05) is 44.3 Å². The average molecular weight is 372 g/mol. The van der Waals surface area contributed by atoms with Crippen molar-refractivity contribution in [2.45, 2.75) is 0 Å². The van der Waals surface area contributed by atoms with Gasteiger partial charge in [0.25, 0.3) is 11.8 Å². The third-order valence-electron chi connectivity index (χ3n) is 4.16. The number of pyridine rings is 1. The number of nitrogens with one attached hydrogen (secondary N) is 2. The summed E-state index contributed by atoms with van der Waals surface area (Å²) in [5, 5.41) is 5.41. The molecule has 2 N–H and O–H groups in total. The lowest BCUT2D eigenvalue weighted by Crippen LogP contribution is -2.41. The molecule has 8 heteroatoms. The Morgan fingerprint density at radius 2 is 1.85 bits per heavy atom. The second kappa shape index (κ2) is 9.20. The monoisotopic (exact) mass is 372 g/mol. The van der Waals surface area contributed by atoms with E-state index >= 15 is 0 Å². The number of aromatic nitrogens is 1. The highest BCUT2D eigenvalue weighted by Gasteiger charge is 2.13. The minimum Gasteiger partial charge on any atom is -0.379 e. The van der Waals surface area contributed by atoms with Gasteiger partial charge in [-0.2, -0.15) is 0 Å². The molecule has 0 unspecified atom stereocenters. The highest BCUT2D eigenvalue weighted by atomic mass is 19.1. The zero-order valence-electron chi connectivity index (χ0n) is 14.8. The summed E-state index contributed by atoms with van der Waals surface area (Å²) in [7, 11) is 0. The van der Waals surface area contributed by atoms with E-state index in [9.17, 15) is 14.0 Å². The molecule has 1 aliphatic heterocycles. The fourth-order valence-electron chi connectivity index (χ4n) is 2.71. The van der Waals surface area contributed by atoms with Crippen molar-refractivity contribution in [1.29, 1.82) is 0 Å². The van der Waals surface area contributed by atoms with Gasteiger partial charge in [0.2, 0.25) is 0 Å². The maximum Gasteiger partial charge on any atom is 0.257 e. The number of morpholine rings is 1. The van der Waals surface area contributed by atoms with Crippen molar-refractivity contribution < 1.29 is 18.7 Å². The summed E-state index contributed by atoms with van der Waals surface area (Å²) in [6.07, 6.45) is 2.77. The Hall–Kier alpha value is -2.84. The number of hydrogen-bond donors (Lipinski definition) is 2. The Bertz CT molecular complexity index is 809. The van der Waals surface area contributed by atoms with E-state index in [2.05, 4.69) is 20.5 Å². The first kappa shape index (κ1) is 18.9. The predicted octanol–water partition coefficient (Wildman–Crippen LogP) is 1.53. The first-order chi connectivity index (χ1) is 13.1. The normalized spacial score (nSPS) is 14.6. The number of nitrogens with zero attached hydrogens (tertiary/aromatic N) is 2. The van der Waals surface area contributed by atoms with Gasteiger partial charge in [-0.15, -0.1) is 0 Å². The lowest BCUT2D eigenvalue weighted by molar-refractivity contribution is 0.0383. The van der Waals surface area contributed by atoms with Crippen LogP contribution < -0.4 is 10.6 Å². The Labute approximate surface area is 156 Å². The van der Waals surface area contributed by atoms with Gasteiger partial charge in [0.1, 0.15) is 5.82 Å². The maximum absolute atomic E-state index is 13.2. The molecule has 1 aromatic heterocycles. The number of halogens is 1. The summed E-state index contributed by atoms with van der Waals surface area (Å²) in [6.45, 7) is 4.36. The third-order valence-corrected chi connectivity index (χ3v) is 4.16. The summed E-state index contributed by atoms with van der Waals surface area (Å²) >= 11 is 0. The minimum atomic E-state index is -0.462. The molecule has 1 aliphatic rings. The lowest BCUT2D eigenvalue weighted by Gasteiger charge is -2.26. The number of hydrogen-bond acceptors (Lipinski definition) is 5. The molecule has 0 saturated carbocycles. The molecule has 1 saturated heterocycles. The van der Waals surface area contributed by atoms with Gasteiger partial charge in [0.15, 0.2) is 0 Å². The van der Waals surface area contributed by atoms with E-state index in [1.165, 1.54) is 36.7 Å². The van der Waals surface area contributed by atoms with E-state index in [4.69, 9.17) is 4.74 Å². The van der Waals surface area contributed by atoms with Gasteiger partial charge in [-0.25, -0.2) is 4.39 Å². The van der Waals surface area contributed by atoms with Crippen LogP contribution >= 0.6 is 0 Å². The number of ether oxygens (including phenoxy) is 1. The van der Waals surface area contributed by atoms with Crippen molar-refractivity contribution >= 4 is 17.5 Å². The second-order valence-electron chi connectivity index (χ2n) is 6.14. The van der Waals surface area contributed by atoms with E-state index in [0.29, 0.717) is 31.0 Å². The van der Waals surface area contributed by atoms with Gasteiger partial charge in [0.05, 0.1) is 24.3 Å². The standard InChI is InChI=1S/C19H21FN4O3/c20-16-2-1-3-17(11-16)23-19(26)15-10-14(12-21-13-15)18(25)22-4-5-24-6-8-27-9-7-24/h1-3,10-13H,4-9H2,(H,22,25)(H,23,26). The van der Waals surface area contributed by atoms with Crippen LogP contribution in [-0.2, 0) is 4.74 Å². The van der Waals surface area contributed by atoms with E-state index in [-0.39, 0.29) is 11.5 Å². The van der Waals surface area contributed by atoms with Crippen molar-refractivity contribution in [3.05, 3.63) is 59.7 Å². The topological polar surface area (TPSA) is 83.6 Å².